The Kier molecular flexibility index (Phi) is 2.87. The monoisotopic (exact) mass is 208 g/mol. The third-order valence-electron chi connectivity index (χ3n) is 2.76. The molecular formula is C12H13ClO. The molecule has 1 aliphatic rings. The van der Waals surface area contributed by atoms with Crippen LogP contribution in [-0.4, -0.2) is 5.78 Å². The lowest BCUT2D eigenvalue weighted by molar-refractivity contribution is -0.117. The minimum absolute atomic E-state index is 0.414. The molecule has 0 aromatic heterocycles. The van der Waals surface area contributed by atoms with Crippen molar-refractivity contribution in [2.24, 2.45) is 5.92 Å². The molecule has 0 spiro atoms. The van der Waals surface area contributed by atoms with Gasteiger partial charge in [0.2, 0.25) is 0 Å². The SMILES string of the molecule is O=C1CCC(Cc2cccc(Cl)c2)C1. The quantitative estimate of drug-likeness (QED) is 0.729. The zero-order valence-corrected chi connectivity index (χ0v) is 8.76. The summed E-state index contributed by atoms with van der Waals surface area (Å²) in [7, 11) is 0. The highest BCUT2D eigenvalue weighted by molar-refractivity contribution is 6.30. The van der Waals surface area contributed by atoms with Crippen molar-refractivity contribution in [1.29, 1.82) is 0 Å². The van der Waals surface area contributed by atoms with E-state index in [1.165, 1.54) is 5.56 Å². The van der Waals surface area contributed by atoms with Crippen LogP contribution in [0.3, 0.4) is 0 Å². The van der Waals surface area contributed by atoms with Crippen molar-refractivity contribution < 1.29 is 4.79 Å². The lowest BCUT2D eigenvalue weighted by atomic mass is 9.98. The lowest BCUT2D eigenvalue weighted by Crippen LogP contribution is -1.99. The summed E-state index contributed by atoms with van der Waals surface area (Å²) >= 11 is 5.89. The molecule has 0 radical (unpaired) electrons. The van der Waals surface area contributed by atoms with Gasteiger partial charge in [0.25, 0.3) is 0 Å². The van der Waals surface area contributed by atoms with E-state index in [-0.39, 0.29) is 0 Å². The van der Waals surface area contributed by atoms with E-state index in [9.17, 15) is 4.79 Å². The van der Waals surface area contributed by atoms with Gasteiger partial charge in [-0.2, -0.15) is 0 Å². The van der Waals surface area contributed by atoms with Crippen molar-refractivity contribution in [3.63, 3.8) is 0 Å². The molecule has 1 atom stereocenters. The molecule has 2 rings (SSSR count). The number of hydrogen-bond donors (Lipinski definition) is 0. The number of rotatable bonds is 2. The summed E-state index contributed by atoms with van der Waals surface area (Å²) in [5.41, 5.74) is 1.25. The van der Waals surface area contributed by atoms with Crippen LogP contribution in [0, 0.1) is 5.92 Å². The Bertz CT molecular complexity index is 346. The molecule has 0 amide bonds. The van der Waals surface area contributed by atoms with Crippen LogP contribution in [0.4, 0.5) is 0 Å². The van der Waals surface area contributed by atoms with E-state index >= 15 is 0 Å². The number of Topliss-reactive ketones (excluding diaryl/α,β-unsaturated/α-hetero) is 1. The Balaban J connectivity index is 2.00. The van der Waals surface area contributed by atoms with Crippen molar-refractivity contribution >= 4 is 17.4 Å². The summed E-state index contributed by atoms with van der Waals surface area (Å²) < 4.78 is 0. The maximum atomic E-state index is 11.1. The van der Waals surface area contributed by atoms with E-state index in [1.54, 1.807) is 0 Å². The first-order valence-corrected chi connectivity index (χ1v) is 5.38. The van der Waals surface area contributed by atoms with Crippen molar-refractivity contribution in [3.8, 4) is 0 Å². The summed E-state index contributed by atoms with van der Waals surface area (Å²) in [6, 6.07) is 7.92. The third-order valence-corrected chi connectivity index (χ3v) is 3.00. The molecule has 1 aliphatic carbocycles. The van der Waals surface area contributed by atoms with E-state index in [2.05, 4.69) is 6.07 Å². The summed E-state index contributed by atoms with van der Waals surface area (Å²) in [4.78, 5) is 11.1. The molecule has 1 aromatic rings. The molecule has 1 fully saturated rings. The second-order valence-corrected chi connectivity index (χ2v) is 4.42. The van der Waals surface area contributed by atoms with Gasteiger partial charge >= 0.3 is 0 Å². The highest BCUT2D eigenvalue weighted by Crippen LogP contribution is 2.26. The molecule has 0 saturated heterocycles. The van der Waals surface area contributed by atoms with Crippen molar-refractivity contribution in [2.75, 3.05) is 0 Å². The third kappa shape index (κ3) is 2.36. The number of carbonyl (C=O) groups is 1. The van der Waals surface area contributed by atoms with Gasteiger partial charge in [0.1, 0.15) is 5.78 Å². The second-order valence-electron chi connectivity index (χ2n) is 3.98. The van der Waals surface area contributed by atoms with Crippen molar-refractivity contribution in [2.45, 2.75) is 25.7 Å². The molecule has 74 valence electrons. The number of halogens is 1. The Morgan fingerprint density at radius 1 is 1.43 bits per heavy atom. The molecule has 1 aromatic carbocycles. The Morgan fingerprint density at radius 2 is 2.29 bits per heavy atom. The predicted molar refractivity (Wildman–Crippen MR) is 57.5 cm³/mol. The molecular weight excluding hydrogens is 196 g/mol. The summed E-state index contributed by atoms with van der Waals surface area (Å²) in [6.45, 7) is 0. The van der Waals surface area contributed by atoms with Gasteiger partial charge in [-0.1, -0.05) is 23.7 Å². The highest BCUT2D eigenvalue weighted by Gasteiger charge is 2.21. The van der Waals surface area contributed by atoms with E-state index in [4.69, 9.17) is 11.6 Å². The number of hydrogen-bond acceptors (Lipinski definition) is 1. The number of carbonyl (C=O) groups excluding carboxylic acids is 1. The summed E-state index contributed by atoms with van der Waals surface area (Å²) in [5.74, 6) is 0.956. The molecule has 1 saturated carbocycles. The largest absolute Gasteiger partial charge is 0.300 e. The van der Waals surface area contributed by atoms with Gasteiger partial charge in [-0.05, 0) is 36.5 Å². The maximum Gasteiger partial charge on any atom is 0.133 e. The molecule has 1 nitrogen and oxygen atoms in total. The fourth-order valence-electron chi connectivity index (χ4n) is 2.06. The lowest BCUT2D eigenvalue weighted by Gasteiger charge is -2.07. The van der Waals surface area contributed by atoms with Crippen LogP contribution in [0.25, 0.3) is 0 Å². The first-order valence-electron chi connectivity index (χ1n) is 5.00. The van der Waals surface area contributed by atoms with E-state index in [0.29, 0.717) is 11.7 Å². The predicted octanol–water partition coefficient (Wildman–Crippen LogP) is 3.25. The first kappa shape index (κ1) is 9.72. The summed E-state index contributed by atoms with van der Waals surface area (Å²) in [5, 5.41) is 0.784. The van der Waals surface area contributed by atoms with Crippen molar-refractivity contribution in [1.82, 2.24) is 0 Å². The minimum Gasteiger partial charge on any atom is -0.300 e. The standard InChI is InChI=1S/C12H13ClO/c13-11-3-1-2-9(7-11)6-10-4-5-12(14)8-10/h1-3,7,10H,4-6,8H2. The molecule has 0 heterocycles. The Hall–Kier alpha value is -0.820. The van der Waals surface area contributed by atoms with Gasteiger partial charge in [-0.25, -0.2) is 0 Å². The first-order chi connectivity index (χ1) is 6.74. The number of benzene rings is 1. The van der Waals surface area contributed by atoms with Crippen LogP contribution in [0.5, 0.6) is 0 Å². The highest BCUT2D eigenvalue weighted by atomic mass is 35.5. The molecule has 1 unspecified atom stereocenters. The number of ketones is 1. The van der Waals surface area contributed by atoms with Crippen LogP contribution >= 0.6 is 11.6 Å². The van der Waals surface area contributed by atoms with E-state index < -0.39 is 0 Å². The topological polar surface area (TPSA) is 17.1 Å². The fourth-order valence-corrected chi connectivity index (χ4v) is 2.28. The molecule has 14 heavy (non-hydrogen) atoms. The molecule has 0 bridgehead atoms. The molecule has 0 N–H and O–H groups in total. The maximum absolute atomic E-state index is 11.1. The Morgan fingerprint density at radius 3 is 2.93 bits per heavy atom. The molecule has 0 aliphatic heterocycles. The Labute approximate surface area is 89.1 Å². The van der Waals surface area contributed by atoms with Gasteiger partial charge in [0.05, 0.1) is 0 Å². The van der Waals surface area contributed by atoms with Crippen LogP contribution in [-0.2, 0) is 11.2 Å². The minimum atomic E-state index is 0.414. The van der Waals surface area contributed by atoms with Gasteiger partial charge in [0.15, 0.2) is 0 Å². The normalized spacial score (nSPS) is 21.5. The molecule has 2 heteroatoms. The van der Waals surface area contributed by atoms with Gasteiger partial charge in [-0.3, -0.25) is 4.79 Å². The second kappa shape index (κ2) is 4.14. The van der Waals surface area contributed by atoms with Gasteiger partial charge < -0.3 is 0 Å². The summed E-state index contributed by atoms with van der Waals surface area (Å²) in [6.07, 6.45) is 3.56. The smallest absolute Gasteiger partial charge is 0.133 e. The van der Waals surface area contributed by atoms with E-state index in [0.717, 1.165) is 30.7 Å². The van der Waals surface area contributed by atoms with Gasteiger partial charge in [-0.15, -0.1) is 0 Å². The van der Waals surface area contributed by atoms with Crippen molar-refractivity contribution in [3.05, 3.63) is 34.9 Å². The van der Waals surface area contributed by atoms with Gasteiger partial charge in [0, 0.05) is 17.9 Å². The average molecular weight is 209 g/mol. The van der Waals surface area contributed by atoms with Crippen LogP contribution in [0.15, 0.2) is 24.3 Å². The van der Waals surface area contributed by atoms with Crippen LogP contribution < -0.4 is 0 Å². The zero-order valence-electron chi connectivity index (χ0n) is 8.00. The van der Waals surface area contributed by atoms with Crippen LogP contribution in [0.2, 0.25) is 5.02 Å². The fraction of sp³-hybridized carbons (Fsp3) is 0.417. The zero-order chi connectivity index (χ0) is 9.97. The van der Waals surface area contributed by atoms with E-state index in [1.807, 2.05) is 18.2 Å². The average Bonchev–Trinajstić information content (AvgIpc) is 2.51. The van der Waals surface area contributed by atoms with Crippen LogP contribution in [0.1, 0.15) is 24.8 Å².